The first-order valence-electron chi connectivity index (χ1n) is 10.7. The number of rotatable bonds is 6. The summed E-state index contributed by atoms with van der Waals surface area (Å²) in [5, 5.41) is 18.0. The Morgan fingerprint density at radius 1 is 1.40 bits per heavy atom. The number of nitrogens with one attached hydrogen (secondary N) is 1. The topological polar surface area (TPSA) is 97.9 Å². The molecule has 2 fully saturated rings. The SMILES string of the molecule is CC(C)Cn1c(O)c(C(=O)NC2CC2)c(=O)n2ncc(C=CC3(C)CCOCC3)c12. The van der Waals surface area contributed by atoms with E-state index in [0.717, 1.165) is 44.5 Å². The van der Waals surface area contributed by atoms with Gasteiger partial charge in [-0.1, -0.05) is 32.9 Å². The maximum Gasteiger partial charge on any atom is 0.291 e. The molecule has 2 aromatic rings. The minimum absolute atomic E-state index is 0.0157. The number of carbonyl (C=O) groups is 1. The lowest BCUT2D eigenvalue weighted by Crippen LogP contribution is -2.34. The van der Waals surface area contributed by atoms with Gasteiger partial charge in [0.25, 0.3) is 11.5 Å². The molecular formula is C22H30N4O4. The lowest BCUT2D eigenvalue weighted by molar-refractivity contribution is 0.0452. The van der Waals surface area contributed by atoms with Crippen molar-refractivity contribution in [3.05, 3.63) is 33.8 Å². The van der Waals surface area contributed by atoms with Crippen LogP contribution in [0.15, 0.2) is 17.1 Å². The second-order valence-electron chi connectivity index (χ2n) is 9.19. The molecule has 0 atom stereocenters. The first-order valence-corrected chi connectivity index (χ1v) is 10.7. The van der Waals surface area contributed by atoms with Crippen molar-refractivity contribution in [3.63, 3.8) is 0 Å². The average molecular weight is 415 g/mol. The Bertz CT molecular complexity index is 1040. The lowest BCUT2D eigenvalue weighted by atomic mass is 9.82. The molecule has 0 unspecified atom stereocenters. The van der Waals surface area contributed by atoms with Gasteiger partial charge in [-0.05, 0) is 37.0 Å². The first-order chi connectivity index (χ1) is 14.3. The van der Waals surface area contributed by atoms with Crippen molar-refractivity contribution < 1.29 is 14.6 Å². The standard InChI is InChI=1S/C22H30N4O4/c1-14(2)13-25-19-15(6-7-22(3)8-10-30-11-9-22)12-23-26(19)21(29)17(20(25)28)18(27)24-16-4-5-16/h6-7,12,14,16,28H,4-5,8-11,13H2,1-3H3,(H,24,27). The Morgan fingerprint density at radius 2 is 2.10 bits per heavy atom. The van der Waals surface area contributed by atoms with E-state index in [9.17, 15) is 14.7 Å². The van der Waals surface area contributed by atoms with Crippen molar-refractivity contribution in [3.8, 4) is 5.88 Å². The molecule has 1 aliphatic heterocycles. The number of aromatic hydroxyl groups is 1. The van der Waals surface area contributed by atoms with Gasteiger partial charge in [-0.2, -0.15) is 9.61 Å². The van der Waals surface area contributed by atoms with Gasteiger partial charge in [-0.15, -0.1) is 0 Å². The zero-order chi connectivity index (χ0) is 21.5. The molecule has 8 nitrogen and oxygen atoms in total. The molecule has 1 saturated carbocycles. The van der Waals surface area contributed by atoms with E-state index in [1.54, 1.807) is 10.8 Å². The number of aromatic nitrogens is 3. The highest BCUT2D eigenvalue weighted by atomic mass is 16.5. The van der Waals surface area contributed by atoms with Crippen LogP contribution in [0.4, 0.5) is 0 Å². The molecule has 0 bridgehead atoms. The number of ether oxygens (including phenoxy) is 1. The minimum Gasteiger partial charge on any atom is -0.494 e. The van der Waals surface area contributed by atoms with Gasteiger partial charge >= 0.3 is 0 Å². The third-order valence-corrected chi connectivity index (χ3v) is 5.90. The summed E-state index contributed by atoms with van der Waals surface area (Å²) >= 11 is 0. The highest BCUT2D eigenvalue weighted by Gasteiger charge is 2.30. The molecule has 162 valence electrons. The monoisotopic (exact) mass is 414 g/mol. The van der Waals surface area contributed by atoms with Gasteiger partial charge < -0.3 is 15.2 Å². The fourth-order valence-electron chi connectivity index (χ4n) is 3.85. The Hall–Kier alpha value is -2.61. The average Bonchev–Trinajstić information content (AvgIpc) is 3.39. The van der Waals surface area contributed by atoms with Crippen LogP contribution < -0.4 is 10.9 Å². The van der Waals surface area contributed by atoms with Crippen molar-refractivity contribution >= 4 is 17.6 Å². The van der Waals surface area contributed by atoms with Gasteiger partial charge in [0, 0.05) is 31.4 Å². The molecule has 0 radical (unpaired) electrons. The summed E-state index contributed by atoms with van der Waals surface area (Å²) in [4.78, 5) is 25.7. The number of fused-ring (bicyclic) bond motifs is 1. The van der Waals surface area contributed by atoms with Crippen LogP contribution in [0, 0.1) is 11.3 Å². The number of nitrogens with zero attached hydrogens (tertiary/aromatic N) is 3. The Morgan fingerprint density at radius 3 is 2.73 bits per heavy atom. The molecule has 1 aliphatic carbocycles. The lowest BCUT2D eigenvalue weighted by Gasteiger charge is -2.30. The number of hydrogen-bond donors (Lipinski definition) is 2. The summed E-state index contributed by atoms with van der Waals surface area (Å²) in [6.07, 6.45) is 9.38. The second kappa shape index (κ2) is 7.91. The minimum atomic E-state index is -0.599. The van der Waals surface area contributed by atoms with E-state index in [4.69, 9.17) is 4.74 Å². The smallest absolute Gasteiger partial charge is 0.291 e. The van der Waals surface area contributed by atoms with Crippen LogP contribution in [0.3, 0.4) is 0 Å². The predicted octanol–water partition coefficient (Wildman–Crippen LogP) is 2.58. The quantitative estimate of drug-likeness (QED) is 0.757. The number of amides is 1. The summed E-state index contributed by atoms with van der Waals surface area (Å²) < 4.78 is 8.33. The highest BCUT2D eigenvalue weighted by molar-refractivity contribution is 5.96. The van der Waals surface area contributed by atoms with Gasteiger partial charge in [0.2, 0.25) is 5.88 Å². The summed E-state index contributed by atoms with van der Waals surface area (Å²) in [6.45, 7) is 8.15. The van der Waals surface area contributed by atoms with E-state index in [2.05, 4.69) is 23.4 Å². The van der Waals surface area contributed by atoms with Gasteiger partial charge in [-0.3, -0.25) is 14.2 Å². The number of allylic oxidation sites excluding steroid dienone is 1. The van der Waals surface area contributed by atoms with Gasteiger partial charge in [0.05, 0.1) is 6.20 Å². The maximum absolute atomic E-state index is 13.0. The molecular weight excluding hydrogens is 384 g/mol. The van der Waals surface area contributed by atoms with E-state index in [0.29, 0.717) is 12.2 Å². The van der Waals surface area contributed by atoms with E-state index >= 15 is 0 Å². The van der Waals surface area contributed by atoms with Gasteiger partial charge in [-0.25, -0.2) is 0 Å². The van der Waals surface area contributed by atoms with E-state index in [-0.39, 0.29) is 28.8 Å². The summed E-state index contributed by atoms with van der Waals surface area (Å²) in [5.74, 6) is -0.644. The molecule has 1 amide bonds. The predicted molar refractivity (Wildman–Crippen MR) is 114 cm³/mol. The molecule has 30 heavy (non-hydrogen) atoms. The van der Waals surface area contributed by atoms with Crippen LogP contribution >= 0.6 is 0 Å². The number of hydrogen-bond acceptors (Lipinski definition) is 5. The van der Waals surface area contributed by atoms with Crippen LogP contribution in [-0.2, 0) is 11.3 Å². The fraction of sp³-hybridized carbons (Fsp3) is 0.591. The number of carbonyl (C=O) groups excluding carboxylic acids is 1. The second-order valence-corrected chi connectivity index (χ2v) is 9.19. The van der Waals surface area contributed by atoms with E-state index in [1.807, 2.05) is 19.9 Å². The molecule has 2 N–H and O–H groups in total. The highest BCUT2D eigenvalue weighted by Crippen LogP contribution is 2.32. The molecule has 2 aliphatic rings. The normalized spacial score (nSPS) is 19.1. The van der Waals surface area contributed by atoms with Gasteiger partial charge in [0.15, 0.2) is 5.56 Å². The zero-order valence-corrected chi connectivity index (χ0v) is 17.9. The van der Waals surface area contributed by atoms with E-state index in [1.165, 1.54) is 4.52 Å². The molecule has 4 rings (SSSR count). The van der Waals surface area contributed by atoms with E-state index < -0.39 is 11.5 Å². The van der Waals surface area contributed by atoms with Crippen LogP contribution in [0.5, 0.6) is 5.88 Å². The first kappa shape index (κ1) is 20.7. The van der Waals surface area contributed by atoms with Crippen LogP contribution in [-0.4, -0.2) is 44.5 Å². The van der Waals surface area contributed by atoms with Crippen molar-refractivity contribution in [1.29, 1.82) is 0 Å². The fourth-order valence-corrected chi connectivity index (χ4v) is 3.85. The molecule has 0 spiro atoms. The Kier molecular flexibility index (Phi) is 5.44. The molecule has 8 heteroatoms. The summed E-state index contributed by atoms with van der Waals surface area (Å²) in [6, 6.07) is 0.0851. The van der Waals surface area contributed by atoms with Crippen LogP contribution in [0.25, 0.3) is 11.7 Å². The molecule has 3 heterocycles. The third kappa shape index (κ3) is 4.01. The molecule has 2 aromatic heterocycles. The third-order valence-electron chi connectivity index (χ3n) is 5.90. The van der Waals surface area contributed by atoms with Crippen molar-refractivity contribution in [2.75, 3.05) is 13.2 Å². The molecule has 0 aromatic carbocycles. The summed E-state index contributed by atoms with van der Waals surface area (Å²) in [7, 11) is 0. The largest absolute Gasteiger partial charge is 0.494 e. The Balaban J connectivity index is 1.81. The Labute approximate surface area is 175 Å². The molecule has 1 saturated heterocycles. The van der Waals surface area contributed by atoms with Gasteiger partial charge in [0.1, 0.15) is 5.65 Å². The van der Waals surface area contributed by atoms with Crippen molar-refractivity contribution in [1.82, 2.24) is 19.5 Å². The van der Waals surface area contributed by atoms with Crippen LogP contribution in [0.1, 0.15) is 62.4 Å². The summed E-state index contributed by atoms with van der Waals surface area (Å²) in [5.41, 5.74) is 0.413. The van der Waals surface area contributed by atoms with Crippen molar-refractivity contribution in [2.45, 2.75) is 59.0 Å². The zero-order valence-electron chi connectivity index (χ0n) is 17.9. The van der Waals surface area contributed by atoms with Crippen molar-refractivity contribution in [2.24, 2.45) is 11.3 Å². The van der Waals surface area contributed by atoms with Crippen LogP contribution in [0.2, 0.25) is 0 Å². The maximum atomic E-state index is 13.0.